The molecule has 1 N–H and O–H groups in total. The molecule has 0 aliphatic carbocycles. The van der Waals surface area contributed by atoms with E-state index in [2.05, 4.69) is 34.9 Å². The summed E-state index contributed by atoms with van der Waals surface area (Å²) >= 11 is 0. The molecule has 1 aliphatic rings. The monoisotopic (exact) mass is 251 g/mol. The van der Waals surface area contributed by atoms with Gasteiger partial charge < -0.3 is 14.6 Å². The maximum Gasteiger partial charge on any atom is 0.126 e. The molecule has 18 heavy (non-hydrogen) atoms. The number of aromatic nitrogens is 2. The second-order valence-corrected chi connectivity index (χ2v) is 5.03. The highest BCUT2D eigenvalue weighted by atomic mass is 16.5. The van der Waals surface area contributed by atoms with Crippen molar-refractivity contribution in [2.24, 2.45) is 5.92 Å². The lowest BCUT2D eigenvalue weighted by Gasteiger charge is -2.24. The molecule has 1 aromatic heterocycles. The zero-order chi connectivity index (χ0) is 12.8. The SMILES string of the molecule is CCCNC(c1nccn1CCC)C1CCOC1. The van der Waals surface area contributed by atoms with Crippen LogP contribution in [0, 0.1) is 5.92 Å². The molecule has 2 unspecified atom stereocenters. The van der Waals surface area contributed by atoms with Crippen molar-refractivity contribution in [3.63, 3.8) is 0 Å². The third-order valence-corrected chi connectivity index (χ3v) is 3.54. The molecule has 2 atom stereocenters. The van der Waals surface area contributed by atoms with Gasteiger partial charge in [-0.3, -0.25) is 0 Å². The van der Waals surface area contributed by atoms with Crippen LogP contribution >= 0.6 is 0 Å². The number of ether oxygens (including phenoxy) is 1. The van der Waals surface area contributed by atoms with Crippen LogP contribution in [0.5, 0.6) is 0 Å². The van der Waals surface area contributed by atoms with E-state index in [0.29, 0.717) is 12.0 Å². The van der Waals surface area contributed by atoms with Gasteiger partial charge in [0.05, 0.1) is 12.6 Å². The van der Waals surface area contributed by atoms with Gasteiger partial charge in [-0.1, -0.05) is 13.8 Å². The molecule has 0 amide bonds. The lowest BCUT2D eigenvalue weighted by molar-refractivity contribution is 0.175. The topological polar surface area (TPSA) is 39.1 Å². The van der Waals surface area contributed by atoms with Crippen LogP contribution in [0.1, 0.15) is 45.0 Å². The average molecular weight is 251 g/mol. The van der Waals surface area contributed by atoms with E-state index < -0.39 is 0 Å². The van der Waals surface area contributed by atoms with Crippen LogP contribution in [0.2, 0.25) is 0 Å². The highest BCUT2D eigenvalue weighted by Crippen LogP contribution is 2.28. The van der Waals surface area contributed by atoms with E-state index in [4.69, 9.17) is 4.74 Å². The van der Waals surface area contributed by atoms with Gasteiger partial charge in [-0.2, -0.15) is 0 Å². The molecule has 1 aromatic rings. The summed E-state index contributed by atoms with van der Waals surface area (Å²) in [6, 6.07) is 0.342. The number of aryl methyl sites for hydroxylation is 1. The summed E-state index contributed by atoms with van der Waals surface area (Å²) in [5.41, 5.74) is 0. The molecular weight excluding hydrogens is 226 g/mol. The van der Waals surface area contributed by atoms with Crippen molar-refractivity contribution in [3.8, 4) is 0 Å². The van der Waals surface area contributed by atoms with Crippen LogP contribution < -0.4 is 5.32 Å². The Kier molecular flexibility index (Phi) is 5.20. The standard InChI is InChI=1S/C14H25N3O/c1-3-6-15-13(12-5-10-18-11-12)14-16-7-9-17(14)8-4-2/h7,9,12-13,15H,3-6,8,10-11H2,1-2H3. The van der Waals surface area contributed by atoms with Gasteiger partial charge in [0.1, 0.15) is 5.82 Å². The van der Waals surface area contributed by atoms with E-state index in [-0.39, 0.29) is 0 Å². The first-order valence-corrected chi connectivity index (χ1v) is 7.19. The summed E-state index contributed by atoms with van der Waals surface area (Å²) in [6.45, 7) is 8.25. The molecule has 1 aliphatic heterocycles. The summed E-state index contributed by atoms with van der Waals surface area (Å²) in [5, 5.41) is 3.65. The van der Waals surface area contributed by atoms with Crippen molar-refractivity contribution in [2.45, 2.75) is 45.7 Å². The predicted octanol–water partition coefficient (Wildman–Crippen LogP) is 2.37. The Balaban J connectivity index is 2.12. The van der Waals surface area contributed by atoms with Crippen LogP contribution in [-0.4, -0.2) is 29.3 Å². The zero-order valence-electron chi connectivity index (χ0n) is 11.6. The first-order chi connectivity index (χ1) is 8.86. The number of nitrogens with zero attached hydrogens (tertiary/aromatic N) is 2. The zero-order valence-corrected chi connectivity index (χ0v) is 11.6. The number of hydrogen-bond acceptors (Lipinski definition) is 3. The minimum atomic E-state index is 0.342. The van der Waals surface area contributed by atoms with Gasteiger partial charge in [-0.15, -0.1) is 0 Å². The molecule has 1 fully saturated rings. The van der Waals surface area contributed by atoms with Crippen LogP contribution in [0.25, 0.3) is 0 Å². The van der Waals surface area contributed by atoms with Crippen molar-refractivity contribution < 1.29 is 4.74 Å². The van der Waals surface area contributed by atoms with E-state index >= 15 is 0 Å². The lowest BCUT2D eigenvalue weighted by atomic mass is 9.98. The number of rotatable bonds is 7. The summed E-state index contributed by atoms with van der Waals surface area (Å²) < 4.78 is 7.82. The fourth-order valence-electron chi connectivity index (χ4n) is 2.61. The van der Waals surface area contributed by atoms with Gasteiger partial charge in [-0.05, 0) is 25.8 Å². The van der Waals surface area contributed by atoms with Crippen molar-refractivity contribution in [3.05, 3.63) is 18.2 Å². The van der Waals surface area contributed by atoms with Crippen LogP contribution in [-0.2, 0) is 11.3 Å². The molecule has 1 saturated heterocycles. The van der Waals surface area contributed by atoms with Crippen LogP contribution in [0.4, 0.5) is 0 Å². The van der Waals surface area contributed by atoms with E-state index in [9.17, 15) is 0 Å². The Morgan fingerprint density at radius 1 is 1.50 bits per heavy atom. The summed E-state index contributed by atoms with van der Waals surface area (Å²) in [7, 11) is 0. The molecule has 0 saturated carbocycles. The molecular formula is C14H25N3O. The molecule has 4 heteroatoms. The second-order valence-electron chi connectivity index (χ2n) is 5.03. The molecule has 0 aromatic carbocycles. The molecule has 2 rings (SSSR count). The summed E-state index contributed by atoms with van der Waals surface area (Å²) in [4.78, 5) is 4.58. The van der Waals surface area contributed by atoms with Crippen molar-refractivity contribution in [2.75, 3.05) is 19.8 Å². The Morgan fingerprint density at radius 3 is 3.06 bits per heavy atom. The number of imidazole rings is 1. The second kappa shape index (κ2) is 6.90. The van der Waals surface area contributed by atoms with Gasteiger partial charge >= 0.3 is 0 Å². The molecule has 2 heterocycles. The predicted molar refractivity (Wildman–Crippen MR) is 72.5 cm³/mol. The third-order valence-electron chi connectivity index (χ3n) is 3.54. The van der Waals surface area contributed by atoms with Crippen molar-refractivity contribution in [1.29, 1.82) is 0 Å². The highest BCUT2D eigenvalue weighted by Gasteiger charge is 2.29. The fourth-order valence-corrected chi connectivity index (χ4v) is 2.61. The molecule has 102 valence electrons. The molecule has 0 spiro atoms. The van der Waals surface area contributed by atoms with Crippen molar-refractivity contribution >= 4 is 0 Å². The molecule has 4 nitrogen and oxygen atoms in total. The fraction of sp³-hybridized carbons (Fsp3) is 0.786. The lowest BCUT2D eigenvalue weighted by Crippen LogP contribution is -2.31. The maximum atomic E-state index is 5.54. The summed E-state index contributed by atoms with van der Waals surface area (Å²) in [5.74, 6) is 1.75. The van der Waals surface area contributed by atoms with Gasteiger partial charge in [0.2, 0.25) is 0 Å². The van der Waals surface area contributed by atoms with Gasteiger partial charge in [0.25, 0.3) is 0 Å². The highest BCUT2D eigenvalue weighted by molar-refractivity contribution is 5.02. The minimum absolute atomic E-state index is 0.342. The van der Waals surface area contributed by atoms with Gasteiger partial charge in [0, 0.05) is 31.5 Å². The first kappa shape index (κ1) is 13.6. The smallest absolute Gasteiger partial charge is 0.126 e. The molecule has 0 radical (unpaired) electrons. The molecule has 0 bridgehead atoms. The average Bonchev–Trinajstić information content (AvgIpc) is 3.02. The van der Waals surface area contributed by atoms with Crippen LogP contribution in [0.3, 0.4) is 0 Å². The first-order valence-electron chi connectivity index (χ1n) is 7.19. The quantitative estimate of drug-likeness (QED) is 0.808. The Morgan fingerprint density at radius 2 is 2.39 bits per heavy atom. The van der Waals surface area contributed by atoms with E-state index in [1.165, 1.54) is 5.82 Å². The van der Waals surface area contributed by atoms with E-state index in [1.807, 2.05) is 6.20 Å². The van der Waals surface area contributed by atoms with Gasteiger partial charge in [0.15, 0.2) is 0 Å². The maximum absolute atomic E-state index is 5.54. The normalized spacial score (nSPS) is 21.3. The minimum Gasteiger partial charge on any atom is -0.381 e. The largest absolute Gasteiger partial charge is 0.381 e. The van der Waals surface area contributed by atoms with Crippen LogP contribution in [0.15, 0.2) is 12.4 Å². The summed E-state index contributed by atoms with van der Waals surface area (Å²) in [6.07, 6.45) is 7.45. The van der Waals surface area contributed by atoms with Crippen molar-refractivity contribution in [1.82, 2.24) is 14.9 Å². The number of nitrogens with one attached hydrogen (secondary N) is 1. The Hall–Kier alpha value is -0.870. The third kappa shape index (κ3) is 3.12. The Bertz CT molecular complexity index is 345. The Labute approximate surface area is 110 Å². The van der Waals surface area contributed by atoms with E-state index in [0.717, 1.165) is 45.6 Å². The van der Waals surface area contributed by atoms with E-state index in [1.54, 1.807) is 0 Å². The number of hydrogen-bond donors (Lipinski definition) is 1. The van der Waals surface area contributed by atoms with Gasteiger partial charge in [-0.25, -0.2) is 4.98 Å².